The molecule has 2 unspecified atom stereocenters. The van der Waals surface area contributed by atoms with E-state index in [1.807, 2.05) is 0 Å². The molecule has 1 nitrogen and oxygen atoms in total. The molecule has 2 atom stereocenters. The highest BCUT2D eigenvalue weighted by Gasteiger charge is 2.35. The van der Waals surface area contributed by atoms with Gasteiger partial charge in [-0.2, -0.15) is 0 Å². The molecule has 74 valence electrons. The summed E-state index contributed by atoms with van der Waals surface area (Å²) in [5, 5.41) is 0. The third-order valence-corrected chi connectivity index (χ3v) is 3.51. The highest BCUT2D eigenvalue weighted by molar-refractivity contribution is 5.91. The summed E-state index contributed by atoms with van der Waals surface area (Å²) in [4.78, 5) is 4.90. The van der Waals surface area contributed by atoms with Gasteiger partial charge in [0.1, 0.15) is 0 Å². The van der Waals surface area contributed by atoms with E-state index in [9.17, 15) is 0 Å². The number of aliphatic imine (C=N–C) groups is 1. The Balaban J connectivity index is 2.09. The smallest absolute Gasteiger partial charge is 0.0531 e. The first kappa shape index (κ1) is 9.23. The van der Waals surface area contributed by atoms with Crippen LogP contribution in [0.25, 0.3) is 0 Å². The van der Waals surface area contributed by atoms with E-state index in [4.69, 9.17) is 4.99 Å². The van der Waals surface area contributed by atoms with E-state index in [0.29, 0.717) is 11.5 Å². The number of hydrogen-bond acceptors (Lipinski definition) is 1. The van der Waals surface area contributed by atoms with Crippen molar-refractivity contribution in [2.24, 2.45) is 16.3 Å². The van der Waals surface area contributed by atoms with Crippen LogP contribution >= 0.6 is 0 Å². The Kier molecular flexibility index (Phi) is 2.21. The first-order chi connectivity index (χ1) is 6.07. The van der Waals surface area contributed by atoms with Gasteiger partial charge in [0.05, 0.1) is 6.04 Å². The second-order valence-corrected chi connectivity index (χ2v) is 5.64. The minimum Gasteiger partial charge on any atom is -0.290 e. The van der Waals surface area contributed by atoms with E-state index >= 15 is 0 Å². The topological polar surface area (TPSA) is 12.4 Å². The quantitative estimate of drug-likeness (QED) is 0.540. The number of nitrogens with zero attached hydrogens (tertiary/aromatic N) is 1. The number of fused-ring (bicyclic) bond motifs is 1. The Labute approximate surface area is 81.6 Å². The summed E-state index contributed by atoms with van der Waals surface area (Å²) < 4.78 is 0. The van der Waals surface area contributed by atoms with Crippen LogP contribution in [0.3, 0.4) is 0 Å². The Bertz CT molecular complexity index is 222. The zero-order valence-corrected chi connectivity index (χ0v) is 9.14. The van der Waals surface area contributed by atoms with Crippen LogP contribution in [0.1, 0.15) is 52.9 Å². The van der Waals surface area contributed by atoms with Crippen molar-refractivity contribution in [1.29, 1.82) is 0 Å². The predicted molar refractivity (Wildman–Crippen MR) is 57.3 cm³/mol. The van der Waals surface area contributed by atoms with Crippen LogP contribution in [0.2, 0.25) is 0 Å². The summed E-state index contributed by atoms with van der Waals surface area (Å²) in [5.41, 5.74) is 1.79. The fourth-order valence-electron chi connectivity index (χ4n) is 2.60. The van der Waals surface area contributed by atoms with Gasteiger partial charge in [-0.15, -0.1) is 0 Å². The molecule has 0 aromatic heterocycles. The Hall–Kier alpha value is -0.330. The van der Waals surface area contributed by atoms with Gasteiger partial charge in [-0.3, -0.25) is 4.99 Å². The first-order valence-corrected chi connectivity index (χ1v) is 5.64. The standard InChI is InChI=1S/C12H21N/c1-12(2,3)11-8-9-6-4-5-7-10(9)13-11/h9-10H,4-8H2,1-3H3. The molecule has 2 rings (SSSR count). The van der Waals surface area contributed by atoms with E-state index in [0.717, 1.165) is 5.92 Å². The van der Waals surface area contributed by atoms with Gasteiger partial charge in [0.25, 0.3) is 0 Å². The number of hydrogen-bond donors (Lipinski definition) is 0. The molecule has 0 spiro atoms. The minimum atomic E-state index is 0.317. The van der Waals surface area contributed by atoms with Crippen LogP contribution in [0, 0.1) is 11.3 Å². The fraction of sp³-hybridized carbons (Fsp3) is 0.917. The van der Waals surface area contributed by atoms with Crippen LogP contribution in [0.5, 0.6) is 0 Å². The maximum Gasteiger partial charge on any atom is 0.0531 e. The van der Waals surface area contributed by atoms with Crippen molar-refractivity contribution in [3.8, 4) is 0 Å². The van der Waals surface area contributed by atoms with Crippen LogP contribution in [0.4, 0.5) is 0 Å². The predicted octanol–water partition coefficient (Wildman–Crippen LogP) is 3.44. The summed E-state index contributed by atoms with van der Waals surface area (Å²) in [6.07, 6.45) is 6.91. The van der Waals surface area contributed by atoms with Gasteiger partial charge in [0.15, 0.2) is 0 Å². The van der Waals surface area contributed by atoms with Crippen molar-refractivity contribution >= 4 is 5.71 Å². The molecule has 13 heavy (non-hydrogen) atoms. The minimum absolute atomic E-state index is 0.317. The Morgan fingerprint density at radius 2 is 1.85 bits per heavy atom. The van der Waals surface area contributed by atoms with Gasteiger partial charge in [0.2, 0.25) is 0 Å². The molecule has 1 aliphatic heterocycles. The summed E-state index contributed by atoms with van der Waals surface area (Å²) in [6, 6.07) is 0.697. The Morgan fingerprint density at radius 1 is 1.15 bits per heavy atom. The molecule has 1 heteroatoms. The summed E-state index contributed by atoms with van der Waals surface area (Å²) >= 11 is 0. The Morgan fingerprint density at radius 3 is 2.46 bits per heavy atom. The lowest BCUT2D eigenvalue weighted by Crippen LogP contribution is -2.20. The molecule has 0 bridgehead atoms. The second-order valence-electron chi connectivity index (χ2n) is 5.64. The van der Waals surface area contributed by atoms with Gasteiger partial charge in [-0.05, 0) is 30.6 Å². The molecule has 1 heterocycles. The van der Waals surface area contributed by atoms with Gasteiger partial charge in [0, 0.05) is 5.71 Å². The highest BCUT2D eigenvalue weighted by atomic mass is 14.9. The third kappa shape index (κ3) is 1.79. The lowest BCUT2D eigenvalue weighted by molar-refractivity contribution is 0.336. The van der Waals surface area contributed by atoms with Crippen LogP contribution < -0.4 is 0 Å². The lowest BCUT2D eigenvalue weighted by Gasteiger charge is -2.23. The van der Waals surface area contributed by atoms with Crippen molar-refractivity contribution in [3.63, 3.8) is 0 Å². The van der Waals surface area contributed by atoms with E-state index < -0.39 is 0 Å². The zero-order chi connectivity index (χ0) is 9.47. The second kappa shape index (κ2) is 3.11. The van der Waals surface area contributed by atoms with Crippen LogP contribution in [0.15, 0.2) is 4.99 Å². The molecule has 0 N–H and O–H groups in total. The largest absolute Gasteiger partial charge is 0.290 e. The molecule has 0 aromatic rings. The average molecular weight is 179 g/mol. The van der Waals surface area contributed by atoms with Gasteiger partial charge in [-0.25, -0.2) is 0 Å². The van der Waals surface area contributed by atoms with Crippen molar-refractivity contribution in [2.75, 3.05) is 0 Å². The monoisotopic (exact) mass is 179 g/mol. The summed E-state index contributed by atoms with van der Waals surface area (Å²) in [5.74, 6) is 0.906. The molecule has 1 saturated carbocycles. The molecule has 0 aromatic carbocycles. The van der Waals surface area contributed by atoms with Crippen LogP contribution in [-0.2, 0) is 0 Å². The molecule has 1 aliphatic carbocycles. The fourth-order valence-corrected chi connectivity index (χ4v) is 2.60. The molecule has 0 amide bonds. The third-order valence-electron chi connectivity index (χ3n) is 3.51. The highest BCUT2D eigenvalue weighted by Crippen LogP contribution is 2.38. The molecule has 0 radical (unpaired) electrons. The molecule has 0 saturated heterocycles. The lowest BCUT2D eigenvalue weighted by atomic mass is 9.81. The molecule has 2 aliphatic rings. The van der Waals surface area contributed by atoms with Crippen molar-refractivity contribution in [1.82, 2.24) is 0 Å². The van der Waals surface area contributed by atoms with Crippen molar-refractivity contribution in [2.45, 2.75) is 58.9 Å². The average Bonchev–Trinajstić information content (AvgIpc) is 2.45. The van der Waals surface area contributed by atoms with Gasteiger partial charge < -0.3 is 0 Å². The van der Waals surface area contributed by atoms with Crippen LogP contribution in [-0.4, -0.2) is 11.8 Å². The molecular weight excluding hydrogens is 158 g/mol. The van der Waals surface area contributed by atoms with E-state index in [-0.39, 0.29) is 0 Å². The zero-order valence-electron chi connectivity index (χ0n) is 9.14. The summed E-state index contributed by atoms with van der Waals surface area (Å²) in [7, 11) is 0. The SMILES string of the molecule is CC(C)(C)C1=NC2CCCCC2C1. The van der Waals surface area contributed by atoms with Gasteiger partial charge in [-0.1, -0.05) is 33.6 Å². The van der Waals surface area contributed by atoms with Crippen molar-refractivity contribution in [3.05, 3.63) is 0 Å². The van der Waals surface area contributed by atoms with E-state index in [1.54, 1.807) is 0 Å². The first-order valence-electron chi connectivity index (χ1n) is 5.64. The van der Waals surface area contributed by atoms with E-state index in [1.165, 1.54) is 37.8 Å². The molecule has 1 fully saturated rings. The maximum atomic E-state index is 4.90. The molecular formula is C12H21N. The van der Waals surface area contributed by atoms with Gasteiger partial charge >= 0.3 is 0 Å². The maximum absolute atomic E-state index is 4.90. The van der Waals surface area contributed by atoms with E-state index in [2.05, 4.69) is 20.8 Å². The summed E-state index contributed by atoms with van der Waals surface area (Å²) in [6.45, 7) is 6.88. The normalized spacial score (nSPS) is 34.2. The number of rotatable bonds is 0. The van der Waals surface area contributed by atoms with Crippen molar-refractivity contribution < 1.29 is 0 Å².